The minimum atomic E-state index is -3.70. The zero-order valence-corrected chi connectivity index (χ0v) is 11.2. The zero-order chi connectivity index (χ0) is 14.2. The number of rotatable bonds is 3. The van der Waals surface area contributed by atoms with E-state index < -0.39 is 16.1 Å². The van der Waals surface area contributed by atoms with Crippen LogP contribution in [-0.4, -0.2) is 20.0 Å². The maximum atomic E-state index is 12.2. The van der Waals surface area contributed by atoms with E-state index in [1.807, 2.05) is 18.2 Å². The largest absolute Gasteiger partial charge is 0.491 e. The molecule has 2 aromatic rings. The molecule has 1 aliphatic heterocycles. The number of aromatic amines is 1. The molecule has 0 amide bonds. The van der Waals surface area contributed by atoms with Gasteiger partial charge in [0.2, 0.25) is 15.6 Å². The van der Waals surface area contributed by atoms with Gasteiger partial charge in [-0.3, -0.25) is 4.79 Å². The monoisotopic (exact) mass is 292 g/mol. The number of ether oxygens (including phenoxy) is 1. The number of benzene rings is 1. The first-order chi connectivity index (χ1) is 9.56. The maximum Gasteiger partial charge on any atom is 0.247 e. The normalized spacial score (nSPS) is 17.5. The molecule has 3 rings (SSSR count). The SMILES string of the molecule is O=c1ccc(S(=O)(=O)NC2COc3ccccc32)c[nH]1. The Morgan fingerprint density at radius 2 is 2.00 bits per heavy atom. The molecule has 0 spiro atoms. The average Bonchev–Trinajstić information content (AvgIpc) is 2.82. The summed E-state index contributed by atoms with van der Waals surface area (Å²) in [6, 6.07) is 9.29. The molecule has 0 saturated carbocycles. The van der Waals surface area contributed by atoms with Crippen molar-refractivity contribution in [1.82, 2.24) is 9.71 Å². The third-order valence-electron chi connectivity index (χ3n) is 3.06. The zero-order valence-electron chi connectivity index (χ0n) is 10.4. The molecule has 1 aromatic carbocycles. The minimum absolute atomic E-state index is 0.0153. The molecule has 6 nitrogen and oxygen atoms in total. The number of fused-ring (bicyclic) bond motifs is 1. The highest BCUT2D eigenvalue weighted by molar-refractivity contribution is 7.89. The van der Waals surface area contributed by atoms with Gasteiger partial charge in [0.05, 0.1) is 10.9 Å². The first-order valence-corrected chi connectivity index (χ1v) is 7.47. The van der Waals surface area contributed by atoms with Crippen LogP contribution in [0.2, 0.25) is 0 Å². The van der Waals surface area contributed by atoms with Crippen molar-refractivity contribution in [2.24, 2.45) is 0 Å². The molecule has 0 aliphatic carbocycles. The summed E-state index contributed by atoms with van der Waals surface area (Å²) >= 11 is 0. The van der Waals surface area contributed by atoms with Crippen LogP contribution in [0.4, 0.5) is 0 Å². The van der Waals surface area contributed by atoms with Crippen molar-refractivity contribution in [3.05, 3.63) is 58.5 Å². The highest BCUT2D eigenvalue weighted by atomic mass is 32.2. The van der Waals surface area contributed by atoms with Gasteiger partial charge in [0.25, 0.3) is 0 Å². The molecule has 7 heteroatoms. The van der Waals surface area contributed by atoms with E-state index in [2.05, 4.69) is 9.71 Å². The van der Waals surface area contributed by atoms with Gasteiger partial charge in [-0.25, -0.2) is 13.1 Å². The van der Waals surface area contributed by atoms with E-state index in [9.17, 15) is 13.2 Å². The molecular formula is C13H12N2O4S. The van der Waals surface area contributed by atoms with Gasteiger partial charge >= 0.3 is 0 Å². The molecule has 0 radical (unpaired) electrons. The fourth-order valence-electron chi connectivity index (χ4n) is 2.08. The van der Waals surface area contributed by atoms with Crippen LogP contribution in [0, 0.1) is 0 Å². The molecule has 104 valence electrons. The summed E-state index contributed by atoms with van der Waals surface area (Å²) in [5.74, 6) is 0.682. The fourth-order valence-corrected chi connectivity index (χ4v) is 3.25. The summed E-state index contributed by atoms with van der Waals surface area (Å²) in [6.45, 7) is 0.252. The molecule has 1 aliphatic rings. The van der Waals surface area contributed by atoms with Crippen LogP contribution in [0.15, 0.2) is 52.3 Å². The third kappa shape index (κ3) is 2.33. The predicted molar refractivity (Wildman–Crippen MR) is 72.1 cm³/mol. The summed E-state index contributed by atoms with van der Waals surface area (Å²) in [6.07, 6.45) is 1.17. The van der Waals surface area contributed by atoms with Gasteiger partial charge in [0, 0.05) is 17.8 Å². The number of H-pyrrole nitrogens is 1. The Hall–Kier alpha value is -2.12. The number of hydrogen-bond acceptors (Lipinski definition) is 4. The Morgan fingerprint density at radius 3 is 2.75 bits per heavy atom. The Kier molecular flexibility index (Phi) is 3.07. The summed E-state index contributed by atoms with van der Waals surface area (Å²) in [5, 5.41) is 0. The van der Waals surface area contributed by atoms with Crippen LogP contribution in [0.3, 0.4) is 0 Å². The standard InChI is InChI=1S/C13H12N2O4S/c16-13-6-5-9(7-14-13)20(17,18)15-11-8-19-12-4-2-1-3-10(11)12/h1-7,11,15H,8H2,(H,14,16). The van der Waals surface area contributed by atoms with E-state index in [4.69, 9.17) is 4.74 Å². The molecule has 0 fully saturated rings. The molecule has 1 aromatic heterocycles. The third-order valence-corrected chi connectivity index (χ3v) is 4.53. The topological polar surface area (TPSA) is 88.3 Å². The van der Waals surface area contributed by atoms with Gasteiger partial charge in [-0.1, -0.05) is 18.2 Å². The number of aromatic nitrogens is 1. The average molecular weight is 292 g/mol. The summed E-state index contributed by atoms with van der Waals surface area (Å²) in [7, 11) is -3.70. The summed E-state index contributed by atoms with van der Waals surface area (Å²) < 4.78 is 32.4. The smallest absolute Gasteiger partial charge is 0.247 e. The van der Waals surface area contributed by atoms with Crippen LogP contribution < -0.4 is 15.0 Å². The second kappa shape index (κ2) is 4.77. The van der Waals surface area contributed by atoms with Crippen molar-refractivity contribution in [2.75, 3.05) is 6.61 Å². The molecule has 2 heterocycles. The Balaban J connectivity index is 1.88. The van der Waals surface area contributed by atoms with Crippen LogP contribution in [0.5, 0.6) is 5.75 Å². The van der Waals surface area contributed by atoms with Gasteiger partial charge in [0.1, 0.15) is 12.4 Å². The molecule has 0 saturated heterocycles. The Morgan fingerprint density at radius 1 is 1.20 bits per heavy atom. The Labute approximate surface area is 115 Å². The van der Waals surface area contributed by atoms with Gasteiger partial charge in [-0.2, -0.15) is 0 Å². The van der Waals surface area contributed by atoms with Crippen LogP contribution in [0.1, 0.15) is 11.6 Å². The van der Waals surface area contributed by atoms with E-state index in [0.29, 0.717) is 5.75 Å². The van der Waals surface area contributed by atoms with E-state index in [1.54, 1.807) is 6.07 Å². The van der Waals surface area contributed by atoms with Crippen molar-refractivity contribution in [1.29, 1.82) is 0 Å². The predicted octanol–water partition coefficient (Wildman–Crippen LogP) is 0.787. The lowest BCUT2D eigenvalue weighted by atomic mass is 10.1. The van der Waals surface area contributed by atoms with Crippen molar-refractivity contribution in [2.45, 2.75) is 10.9 Å². The first-order valence-electron chi connectivity index (χ1n) is 5.99. The second-order valence-corrected chi connectivity index (χ2v) is 6.13. The van der Waals surface area contributed by atoms with Crippen LogP contribution in [-0.2, 0) is 10.0 Å². The van der Waals surface area contributed by atoms with E-state index in [0.717, 1.165) is 5.56 Å². The molecular weight excluding hydrogens is 280 g/mol. The van der Waals surface area contributed by atoms with Gasteiger partial charge in [-0.15, -0.1) is 0 Å². The van der Waals surface area contributed by atoms with Gasteiger partial charge in [-0.05, 0) is 12.1 Å². The van der Waals surface area contributed by atoms with E-state index in [1.165, 1.54) is 18.3 Å². The quantitative estimate of drug-likeness (QED) is 0.875. The lowest BCUT2D eigenvalue weighted by molar-refractivity contribution is 0.325. The molecule has 1 unspecified atom stereocenters. The molecule has 20 heavy (non-hydrogen) atoms. The van der Waals surface area contributed by atoms with Crippen LogP contribution in [0.25, 0.3) is 0 Å². The maximum absolute atomic E-state index is 12.2. The van der Waals surface area contributed by atoms with Gasteiger partial charge < -0.3 is 9.72 Å². The number of para-hydroxylation sites is 1. The van der Waals surface area contributed by atoms with E-state index >= 15 is 0 Å². The molecule has 1 atom stereocenters. The first kappa shape index (κ1) is 12.9. The van der Waals surface area contributed by atoms with Crippen molar-refractivity contribution in [3.8, 4) is 5.75 Å². The fraction of sp³-hybridized carbons (Fsp3) is 0.154. The number of pyridine rings is 1. The summed E-state index contributed by atoms with van der Waals surface area (Å²) in [4.78, 5) is 13.3. The summed E-state index contributed by atoms with van der Waals surface area (Å²) in [5.41, 5.74) is 0.457. The van der Waals surface area contributed by atoms with Crippen molar-refractivity contribution < 1.29 is 13.2 Å². The van der Waals surface area contributed by atoms with Crippen molar-refractivity contribution in [3.63, 3.8) is 0 Å². The van der Waals surface area contributed by atoms with Gasteiger partial charge in [0.15, 0.2) is 0 Å². The van der Waals surface area contributed by atoms with E-state index in [-0.39, 0.29) is 17.1 Å². The number of sulfonamides is 1. The lowest BCUT2D eigenvalue weighted by Crippen LogP contribution is -2.30. The molecule has 0 bridgehead atoms. The molecule has 2 N–H and O–H groups in total. The highest BCUT2D eigenvalue weighted by Gasteiger charge is 2.28. The second-order valence-electron chi connectivity index (χ2n) is 4.41. The Bertz CT molecular complexity index is 778. The number of hydrogen-bond donors (Lipinski definition) is 2. The highest BCUT2D eigenvalue weighted by Crippen LogP contribution is 2.32. The minimum Gasteiger partial charge on any atom is -0.491 e. The van der Waals surface area contributed by atoms with Crippen molar-refractivity contribution >= 4 is 10.0 Å². The lowest BCUT2D eigenvalue weighted by Gasteiger charge is -2.12. The number of nitrogens with one attached hydrogen (secondary N) is 2. The van der Waals surface area contributed by atoms with Crippen LogP contribution >= 0.6 is 0 Å².